The van der Waals surface area contributed by atoms with Gasteiger partial charge in [0.25, 0.3) is 0 Å². The third kappa shape index (κ3) is 3.08. The number of thiophene rings is 1. The highest BCUT2D eigenvalue weighted by Crippen LogP contribution is 2.35. The van der Waals surface area contributed by atoms with Crippen LogP contribution in [-0.2, 0) is 0 Å². The molecule has 16 heavy (non-hydrogen) atoms. The van der Waals surface area contributed by atoms with E-state index in [0.29, 0.717) is 11.5 Å². The lowest BCUT2D eigenvalue weighted by Crippen LogP contribution is -2.36. The molecule has 0 amide bonds. The topological polar surface area (TPSA) is 12.0 Å². The van der Waals surface area contributed by atoms with E-state index in [1.807, 2.05) is 11.3 Å². The molecule has 1 aliphatic carbocycles. The Morgan fingerprint density at radius 2 is 2.06 bits per heavy atom. The van der Waals surface area contributed by atoms with Crippen LogP contribution in [0.25, 0.3) is 0 Å². The van der Waals surface area contributed by atoms with Crippen LogP contribution < -0.4 is 5.32 Å². The molecule has 1 nitrogen and oxygen atoms in total. The molecule has 0 aromatic carbocycles. The second kappa shape index (κ2) is 4.89. The van der Waals surface area contributed by atoms with Gasteiger partial charge in [-0.3, -0.25) is 0 Å². The summed E-state index contributed by atoms with van der Waals surface area (Å²) in [7, 11) is 0. The van der Waals surface area contributed by atoms with E-state index in [2.05, 4.69) is 43.6 Å². The van der Waals surface area contributed by atoms with Crippen molar-refractivity contribution in [3.05, 3.63) is 22.4 Å². The van der Waals surface area contributed by atoms with Gasteiger partial charge in [-0.15, -0.1) is 11.3 Å². The van der Waals surface area contributed by atoms with E-state index < -0.39 is 0 Å². The monoisotopic (exact) mass is 237 g/mol. The molecule has 1 N–H and O–H groups in total. The van der Waals surface area contributed by atoms with Crippen LogP contribution in [0.3, 0.4) is 0 Å². The van der Waals surface area contributed by atoms with Gasteiger partial charge in [0.1, 0.15) is 0 Å². The number of hydrogen-bond donors (Lipinski definition) is 1. The molecule has 2 heteroatoms. The molecule has 1 fully saturated rings. The van der Waals surface area contributed by atoms with Crippen LogP contribution in [0.5, 0.6) is 0 Å². The molecule has 0 saturated heterocycles. The first-order valence-corrected chi connectivity index (χ1v) is 7.24. The van der Waals surface area contributed by atoms with Crippen LogP contribution in [0.2, 0.25) is 0 Å². The molecule has 0 radical (unpaired) electrons. The minimum absolute atomic E-state index is 0.520. The molecule has 0 spiro atoms. The fourth-order valence-electron chi connectivity index (χ4n) is 2.54. The Morgan fingerprint density at radius 3 is 2.62 bits per heavy atom. The smallest absolute Gasteiger partial charge is 0.0388 e. The van der Waals surface area contributed by atoms with E-state index in [-0.39, 0.29) is 0 Å². The first-order valence-electron chi connectivity index (χ1n) is 6.36. The molecule has 1 heterocycles. The van der Waals surface area contributed by atoms with Gasteiger partial charge < -0.3 is 5.32 Å². The van der Waals surface area contributed by atoms with Gasteiger partial charge in [-0.25, -0.2) is 0 Å². The Bertz CT molecular complexity index is 305. The molecule has 2 rings (SSSR count). The van der Waals surface area contributed by atoms with Gasteiger partial charge >= 0.3 is 0 Å². The van der Waals surface area contributed by atoms with Crippen molar-refractivity contribution < 1.29 is 0 Å². The highest BCUT2D eigenvalue weighted by atomic mass is 32.1. The molecule has 90 valence electrons. The van der Waals surface area contributed by atoms with Crippen LogP contribution in [0, 0.1) is 5.41 Å². The third-order valence-electron chi connectivity index (χ3n) is 3.79. The van der Waals surface area contributed by atoms with Crippen LogP contribution in [0.1, 0.15) is 57.4 Å². The van der Waals surface area contributed by atoms with Gasteiger partial charge in [-0.1, -0.05) is 19.9 Å². The summed E-state index contributed by atoms with van der Waals surface area (Å²) in [6.45, 7) is 7.07. The molecule has 1 aliphatic rings. The maximum atomic E-state index is 3.77. The zero-order chi connectivity index (χ0) is 11.6. The first-order chi connectivity index (χ1) is 7.57. The van der Waals surface area contributed by atoms with Crippen molar-refractivity contribution in [3.63, 3.8) is 0 Å². The highest BCUT2D eigenvalue weighted by molar-refractivity contribution is 7.10. The Balaban J connectivity index is 1.83. The predicted octanol–water partition coefficient (Wildman–Crippen LogP) is 4.37. The van der Waals surface area contributed by atoms with Crippen molar-refractivity contribution in [2.45, 2.75) is 58.5 Å². The van der Waals surface area contributed by atoms with Crippen molar-refractivity contribution in [1.29, 1.82) is 0 Å². The summed E-state index contributed by atoms with van der Waals surface area (Å²) >= 11 is 1.86. The number of hydrogen-bond acceptors (Lipinski definition) is 2. The molecule has 1 aromatic heterocycles. The second-order valence-corrected chi connectivity index (χ2v) is 6.82. The van der Waals surface area contributed by atoms with Gasteiger partial charge in [-0.05, 0) is 49.5 Å². The van der Waals surface area contributed by atoms with Gasteiger partial charge in [0.05, 0.1) is 0 Å². The molecule has 1 atom stereocenters. The first kappa shape index (κ1) is 12.1. The van der Waals surface area contributed by atoms with E-state index in [9.17, 15) is 0 Å². The normalized spacial score (nSPS) is 23.2. The van der Waals surface area contributed by atoms with E-state index >= 15 is 0 Å². The number of nitrogens with one attached hydrogen (secondary N) is 1. The summed E-state index contributed by atoms with van der Waals surface area (Å²) in [5.74, 6) is 0. The maximum absolute atomic E-state index is 3.77. The van der Waals surface area contributed by atoms with E-state index in [1.165, 1.54) is 30.6 Å². The zero-order valence-corrected chi connectivity index (χ0v) is 11.4. The molecule has 1 aromatic rings. The lowest BCUT2D eigenvalue weighted by atomic mass is 9.75. The Kier molecular flexibility index (Phi) is 3.70. The van der Waals surface area contributed by atoms with E-state index in [1.54, 1.807) is 0 Å². The molecule has 1 saturated carbocycles. The summed E-state index contributed by atoms with van der Waals surface area (Å²) in [6, 6.07) is 5.62. The van der Waals surface area contributed by atoms with Crippen LogP contribution in [-0.4, -0.2) is 6.04 Å². The molecule has 1 unspecified atom stereocenters. The lowest BCUT2D eigenvalue weighted by Gasteiger charge is -2.35. The molecular formula is C14H23NS. The van der Waals surface area contributed by atoms with E-state index in [4.69, 9.17) is 0 Å². The fourth-order valence-corrected chi connectivity index (χ4v) is 3.28. The lowest BCUT2D eigenvalue weighted by molar-refractivity contribution is 0.200. The average molecular weight is 237 g/mol. The fraction of sp³-hybridized carbons (Fsp3) is 0.714. The van der Waals surface area contributed by atoms with Gasteiger partial charge in [0.2, 0.25) is 0 Å². The van der Waals surface area contributed by atoms with Crippen molar-refractivity contribution in [1.82, 2.24) is 5.32 Å². The van der Waals surface area contributed by atoms with E-state index in [0.717, 1.165) is 6.04 Å². The summed E-state index contributed by atoms with van der Waals surface area (Å²) in [5.41, 5.74) is 0.574. The minimum Gasteiger partial charge on any atom is -0.307 e. The van der Waals surface area contributed by atoms with Crippen LogP contribution in [0.15, 0.2) is 17.5 Å². The van der Waals surface area contributed by atoms with Crippen molar-refractivity contribution in [2.75, 3.05) is 0 Å². The Morgan fingerprint density at radius 1 is 1.38 bits per heavy atom. The van der Waals surface area contributed by atoms with Gasteiger partial charge in [-0.2, -0.15) is 0 Å². The highest BCUT2D eigenvalue weighted by Gasteiger charge is 2.27. The standard InChI is InChI=1S/C14H23NS/c1-11(13-5-4-10-16-13)15-12-6-8-14(2,3)9-7-12/h4-5,10-12,15H,6-9H2,1-3H3. The SMILES string of the molecule is CC(NC1CCC(C)(C)CC1)c1cccs1. The van der Waals surface area contributed by atoms with Crippen molar-refractivity contribution in [2.24, 2.45) is 5.41 Å². The third-order valence-corrected chi connectivity index (χ3v) is 4.85. The van der Waals surface area contributed by atoms with Gasteiger partial charge in [0, 0.05) is 17.0 Å². The largest absolute Gasteiger partial charge is 0.307 e. The Hall–Kier alpha value is -0.340. The van der Waals surface area contributed by atoms with Crippen molar-refractivity contribution >= 4 is 11.3 Å². The van der Waals surface area contributed by atoms with Crippen LogP contribution in [0.4, 0.5) is 0 Å². The Labute approximate surface area is 103 Å². The summed E-state index contributed by atoms with van der Waals surface area (Å²) in [6.07, 6.45) is 5.40. The quantitative estimate of drug-likeness (QED) is 0.823. The average Bonchev–Trinajstić information content (AvgIpc) is 2.74. The minimum atomic E-state index is 0.520. The van der Waals surface area contributed by atoms with Gasteiger partial charge in [0.15, 0.2) is 0 Å². The molecule has 0 aliphatic heterocycles. The van der Waals surface area contributed by atoms with Crippen molar-refractivity contribution in [3.8, 4) is 0 Å². The summed E-state index contributed by atoms with van der Waals surface area (Å²) in [4.78, 5) is 1.46. The maximum Gasteiger partial charge on any atom is 0.0388 e. The summed E-state index contributed by atoms with van der Waals surface area (Å²) < 4.78 is 0. The van der Waals surface area contributed by atoms with Crippen LogP contribution >= 0.6 is 11.3 Å². The number of rotatable bonds is 3. The predicted molar refractivity (Wildman–Crippen MR) is 71.9 cm³/mol. The second-order valence-electron chi connectivity index (χ2n) is 5.84. The summed E-state index contributed by atoms with van der Waals surface area (Å²) in [5, 5.41) is 5.93. The molecular weight excluding hydrogens is 214 g/mol. The molecule has 0 bridgehead atoms. The zero-order valence-electron chi connectivity index (χ0n) is 10.6.